The predicted octanol–water partition coefficient (Wildman–Crippen LogP) is 17.0. The van der Waals surface area contributed by atoms with Crippen LogP contribution in [0.4, 0.5) is 27.1 Å². The van der Waals surface area contributed by atoms with Crippen molar-refractivity contribution in [3.63, 3.8) is 0 Å². The van der Waals surface area contributed by atoms with E-state index in [1.165, 1.54) is 70.3 Å². The highest BCUT2D eigenvalue weighted by molar-refractivity contribution is 7.25. The first-order valence-electron chi connectivity index (χ1n) is 19.7. The third-order valence-corrected chi connectivity index (χ3v) is 12.6. The van der Waals surface area contributed by atoms with Crippen LogP contribution < -0.4 is 9.80 Å². The van der Waals surface area contributed by atoms with Crippen molar-refractivity contribution in [2.45, 2.75) is 41.5 Å². The van der Waals surface area contributed by atoms with Crippen molar-refractivity contribution >= 4 is 76.0 Å². The Morgan fingerprint density at radius 2 is 1.03 bits per heavy atom. The molecule has 0 saturated carbocycles. The van der Waals surface area contributed by atoms with E-state index in [9.17, 15) is 0 Å². The average Bonchev–Trinajstić information content (AvgIpc) is 3.81. The lowest BCUT2D eigenvalue weighted by molar-refractivity contribution is 1.24. The maximum Gasteiger partial charge on any atom is 0.101 e. The highest BCUT2D eigenvalue weighted by Gasteiger charge is 2.26. The van der Waals surface area contributed by atoms with E-state index in [2.05, 4.69) is 216 Å². The summed E-state index contributed by atoms with van der Waals surface area (Å²) >= 11 is 3.70. The van der Waals surface area contributed by atoms with Crippen molar-refractivity contribution in [3.05, 3.63) is 204 Å². The molecule has 2 aromatic heterocycles. The quantitative estimate of drug-likeness (QED) is 0.120. The smallest absolute Gasteiger partial charge is 0.101 e. The summed E-state index contributed by atoms with van der Waals surface area (Å²) in [4.78, 5) is 4.73. The predicted molar refractivity (Wildman–Crippen MR) is 258 cm³/mol. The fourth-order valence-electron chi connectivity index (χ4n) is 7.73. The van der Waals surface area contributed by atoms with Crippen LogP contribution in [0.2, 0.25) is 0 Å². The molecule has 0 aliphatic rings. The number of aryl methyl sites for hydroxylation is 4. The summed E-state index contributed by atoms with van der Waals surface area (Å²) in [5, 5.41) is 4.75. The van der Waals surface area contributed by atoms with Gasteiger partial charge in [0.2, 0.25) is 0 Å². The lowest BCUT2D eigenvalue weighted by atomic mass is 9.92. The van der Waals surface area contributed by atoms with Gasteiger partial charge in [-0.05, 0) is 124 Å². The van der Waals surface area contributed by atoms with Gasteiger partial charge in [-0.25, -0.2) is 0 Å². The Morgan fingerprint density at radius 3 is 1.59 bits per heavy atom. The first-order chi connectivity index (χ1) is 28.1. The molecule has 0 fully saturated rings. The maximum atomic E-state index is 4.65. The number of benzene rings is 6. The molecule has 58 heavy (non-hydrogen) atoms. The standard InChI is InChI=1S/C54H48N2S2/c1-9-41-22-15-27-46(32-41)56(45-26-14-20-39(7)31-45)50-34-48-52(43-24-12-18-37(5)29-43)53-47(51(54(48)58-50)42-23-11-17-36(4)28-42)33-49(57-53)55(40(8)21-10-16-35(2)3)44-25-13-19-38(6)30-44/h9-34H,1,8H2,2-7H3. The summed E-state index contributed by atoms with van der Waals surface area (Å²) in [6.07, 6.45) is 8.28. The molecule has 0 aliphatic carbocycles. The lowest BCUT2D eigenvalue weighted by Gasteiger charge is -2.24. The molecule has 8 rings (SSSR count). The Balaban J connectivity index is 1.48. The van der Waals surface area contributed by atoms with Crippen LogP contribution in [0.15, 0.2) is 176 Å². The van der Waals surface area contributed by atoms with E-state index in [0.29, 0.717) is 0 Å². The molecule has 0 N–H and O–H groups in total. The summed E-state index contributed by atoms with van der Waals surface area (Å²) in [6.45, 7) is 21.7. The molecule has 8 aromatic rings. The van der Waals surface area contributed by atoms with Gasteiger partial charge in [-0.3, -0.25) is 0 Å². The summed E-state index contributed by atoms with van der Waals surface area (Å²) in [5.41, 5.74) is 16.4. The zero-order chi connectivity index (χ0) is 40.5. The molecule has 0 spiro atoms. The van der Waals surface area contributed by atoms with E-state index >= 15 is 0 Å². The van der Waals surface area contributed by atoms with Crippen molar-refractivity contribution in [2.24, 2.45) is 0 Å². The lowest BCUT2D eigenvalue weighted by Crippen LogP contribution is -2.12. The number of nitrogens with zero attached hydrogens (tertiary/aromatic N) is 2. The molecular formula is C54H48N2S2. The van der Waals surface area contributed by atoms with Gasteiger partial charge in [-0.15, -0.1) is 22.7 Å². The van der Waals surface area contributed by atoms with Gasteiger partial charge in [-0.1, -0.05) is 133 Å². The topological polar surface area (TPSA) is 6.48 Å². The minimum absolute atomic E-state index is 0.906. The number of allylic oxidation sites excluding steroid dienone is 4. The molecule has 0 atom stereocenters. The van der Waals surface area contributed by atoms with Crippen molar-refractivity contribution in [2.75, 3.05) is 9.80 Å². The third-order valence-electron chi connectivity index (χ3n) is 10.4. The van der Waals surface area contributed by atoms with E-state index in [1.807, 2.05) is 28.7 Å². The van der Waals surface area contributed by atoms with Crippen LogP contribution in [0.25, 0.3) is 48.5 Å². The van der Waals surface area contributed by atoms with Crippen LogP contribution in [0.3, 0.4) is 0 Å². The van der Waals surface area contributed by atoms with Crippen LogP contribution in [0, 0.1) is 27.7 Å². The minimum Gasteiger partial charge on any atom is -0.302 e. The maximum absolute atomic E-state index is 4.65. The fraction of sp³-hybridized carbons (Fsp3) is 0.111. The van der Waals surface area contributed by atoms with E-state index in [-0.39, 0.29) is 0 Å². The normalized spacial score (nSPS) is 11.3. The van der Waals surface area contributed by atoms with E-state index < -0.39 is 0 Å². The number of hydrogen-bond acceptors (Lipinski definition) is 4. The monoisotopic (exact) mass is 788 g/mol. The van der Waals surface area contributed by atoms with Gasteiger partial charge in [-0.2, -0.15) is 0 Å². The second kappa shape index (κ2) is 16.3. The van der Waals surface area contributed by atoms with Crippen molar-refractivity contribution < 1.29 is 0 Å². The Morgan fingerprint density at radius 1 is 0.552 bits per heavy atom. The van der Waals surface area contributed by atoms with E-state index in [1.54, 1.807) is 0 Å². The number of anilines is 5. The largest absolute Gasteiger partial charge is 0.302 e. The van der Waals surface area contributed by atoms with E-state index in [4.69, 9.17) is 0 Å². The molecule has 0 saturated heterocycles. The molecule has 2 nitrogen and oxygen atoms in total. The first kappa shape index (κ1) is 38.7. The number of thiophene rings is 2. The highest BCUT2D eigenvalue weighted by Crippen LogP contribution is 2.54. The molecule has 4 heteroatoms. The van der Waals surface area contributed by atoms with Crippen LogP contribution in [-0.2, 0) is 0 Å². The van der Waals surface area contributed by atoms with E-state index in [0.717, 1.165) is 38.3 Å². The van der Waals surface area contributed by atoms with Crippen molar-refractivity contribution in [1.82, 2.24) is 0 Å². The number of hydrogen-bond donors (Lipinski definition) is 0. The van der Waals surface area contributed by atoms with Crippen LogP contribution in [0.1, 0.15) is 41.7 Å². The van der Waals surface area contributed by atoms with Gasteiger partial charge in [0.05, 0.1) is 0 Å². The van der Waals surface area contributed by atoms with Gasteiger partial charge in [0.1, 0.15) is 10.0 Å². The van der Waals surface area contributed by atoms with Gasteiger partial charge in [0, 0.05) is 54.1 Å². The molecule has 2 heterocycles. The third kappa shape index (κ3) is 7.74. The van der Waals surface area contributed by atoms with Crippen LogP contribution in [-0.4, -0.2) is 0 Å². The summed E-state index contributed by atoms with van der Waals surface area (Å²) in [5.74, 6) is 0. The molecule has 0 bridgehead atoms. The Labute approximate surface area is 351 Å². The summed E-state index contributed by atoms with van der Waals surface area (Å²) in [7, 11) is 0. The molecule has 0 aliphatic heterocycles. The van der Waals surface area contributed by atoms with Gasteiger partial charge < -0.3 is 9.80 Å². The first-order valence-corrected chi connectivity index (χ1v) is 21.3. The minimum atomic E-state index is 0.906. The zero-order valence-electron chi connectivity index (χ0n) is 34.1. The molecule has 0 unspecified atom stereocenters. The fourth-order valence-corrected chi connectivity index (χ4v) is 10.3. The number of fused-ring (bicyclic) bond motifs is 2. The molecule has 0 amide bonds. The molecule has 0 radical (unpaired) electrons. The zero-order valence-corrected chi connectivity index (χ0v) is 35.8. The Kier molecular flexibility index (Phi) is 10.9. The second-order valence-electron chi connectivity index (χ2n) is 15.4. The SMILES string of the molecule is C=Cc1cccc(N(c2cccc(C)c2)c2cc3c(-c4cccc(C)c4)c4sc(N(C(=C)C=CC=C(C)C)c5cccc(C)c5)cc4c(-c4cccc(C)c4)c3s2)c1. The summed E-state index contributed by atoms with van der Waals surface area (Å²) < 4.78 is 2.51. The Bertz CT molecular complexity index is 2810. The molecule has 286 valence electrons. The second-order valence-corrected chi connectivity index (χ2v) is 17.4. The van der Waals surface area contributed by atoms with Gasteiger partial charge >= 0.3 is 0 Å². The van der Waals surface area contributed by atoms with Gasteiger partial charge in [0.15, 0.2) is 0 Å². The molecular weight excluding hydrogens is 741 g/mol. The summed E-state index contributed by atoms with van der Waals surface area (Å²) in [6, 6.07) is 49.0. The Hall–Kier alpha value is -6.20. The van der Waals surface area contributed by atoms with Gasteiger partial charge in [0.25, 0.3) is 0 Å². The molecule has 6 aromatic carbocycles. The number of rotatable bonds is 11. The highest BCUT2D eigenvalue weighted by atomic mass is 32.1. The average molecular weight is 789 g/mol. The van der Waals surface area contributed by atoms with Crippen molar-refractivity contribution in [3.8, 4) is 22.3 Å². The van der Waals surface area contributed by atoms with Crippen LogP contribution in [0.5, 0.6) is 0 Å². The van der Waals surface area contributed by atoms with Crippen LogP contribution >= 0.6 is 22.7 Å². The van der Waals surface area contributed by atoms with Crippen molar-refractivity contribution in [1.29, 1.82) is 0 Å².